The number of hydrogen-bond acceptors (Lipinski definition) is 3. The summed E-state index contributed by atoms with van der Waals surface area (Å²) in [7, 11) is 0. The Bertz CT molecular complexity index is 537. The average molecular weight is 356 g/mol. The molecule has 1 amide bonds. The van der Waals surface area contributed by atoms with Crippen LogP contribution < -0.4 is 10.1 Å². The van der Waals surface area contributed by atoms with Gasteiger partial charge in [0, 0.05) is 24.4 Å². The molecule has 1 aromatic carbocycles. The van der Waals surface area contributed by atoms with Gasteiger partial charge in [-0.2, -0.15) is 0 Å². The van der Waals surface area contributed by atoms with E-state index in [1.165, 1.54) is 0 Å². The van der Waals surface area contributed by atoms with Crippen molar-refractivity contribution in [2.75, 3.05) is 13.2 Å². The Balaban J connectivity index is 2.10. The molecule has 24 heavy (non-hydrogen) atoms. The lowest BCUT2D eigenvalue weighted by molar-refractivity contribution is -0.137. The van der Waals surface area contributed by atoms with Crippen molar-refractivity contribution in [2.45, 2.75) is 52.4 Å². The van der Waals surface area contributed by atoms with Gasteiger partial charge in [-0.1, -0.05) is 18.0 Å². The zero-order valence-electron chi connectivity index (χ0n) is 14.4. The van der Waals surface area contributed by atoms with Crippen molar-refractivity contribution >= 4 is 23.5 Å². The van der Waals surface area contributed by atoms with Crippen LogP contribution in [0.1, 0.15) is 49.7 Å². The molecule has 0 heterocycles. The number of rotatable bonds is 11. The fraction of sp³-hybridized carbons (Fsp3) is 0.556. The summed E-state index contributed by atoms with van der Waals surface area (Å²) < 4.78 is 5.66. The number of carbonyl (C=O) groups excluding carboxylic acids is 1. The number of nitrogens with one attached hydrogen (secondary N) is 1. The van der Waals surface area contributed by atoms with E-state index >= 15 is 0 Å². The molecule has 0 aliphatic rings. The second kappa shape index (κ2) is 10.9. The molecule has 1 aromatic rings. The first-order chi connectivity index (χ1) is 11.4. The van der Waals surface area contributed by atoms with Crippen LogP contribution in [0.5, 0.6) is 5.75 Å². The van der Waals surface area contributed by atoms with Crippen LogP contribution in [0, 0.1) is 13.8 Å². The first-order valence-electron chi connectivity index (χ1n) is 8.28. The zero-order valence-corrected chi connectivity index (χ0v) is 15.1. The first kappa shape index (κ1) is 20.3. The highest BCUT2D eigenvalue weighted by Crippen LogP contribution is 2.25. The largest absolute Gasteiger partial charge is 0.494 e. The van der Waals surface area contributed by atoms with Crippen molar-refractivity contribution in [1.82, 2.24) is 5.32 Å². The minimum Gasteiger partial charge on any atom is -0.494 e. The molecule has 0 unspecified atom stereocenters. The lowest BCUT2D eigenvalue weighted by Gasteiger charge is -2.10. The highest BCUT2D eigenvalue weighted by molar-refractivity contribution is 6.32. The summed E-state index contributed by atoms with van der Waals surface area (Å²) in [4.78, 5) is 22.0. The number of carboxylic acid groups (broad SMARTS) is 1. The topological polar surface area (TPSA) is 75.6 Å². The van der Waals surface area contributed by atoms with Gasteiger partial charge in [0.2, 0.25) is 5.91 Å². The van der Waals surface area contributed by atoms with Gasteiger partial charge < -0.3 is 15.2 Å². The number of ether oxygens (including phenoxy) is 1. The lowest BCUT2D eigenvalue weighted by Crippen LogP contribution is -2.24. The maximum atomic E-state index is 11.7. The SMILES string of the molecule is Cc1cc(OCCCC(=O)NCCCCCC(=O)O)cc(C)c1Cl. The van der Waals surface area contributed by atoms with Crippen molar-refractivity contribution in [3.63, 3.8) is 0 Å². The molecule has 0 radical (unpaired) electrons. The highest BCUT2D eigenvalue weighted by Gasteiger charge is 2.05. The van der Waals surface area contributed by atoms with Crippen molar-refractivity contribution in [1.29, 1.82) is 0 Å². The van der Waals surface area contributed by atoms with E-state index in [0.717, 1.165) is 34.7 Å². The molecular formula is C18H26ClNO4. The van der Waals surface area contributed by atoms with E-state index in [0.29, 0.717) is 32.4 Å². The van der Waals surface area contributed by atoms with E-state index in [2.05, 4.69) is 5.32 Å². The van der Waals surface area contributed by atoms with E-state index in [9.17, 15) is 9.59 Å². The second-order valence-electron chi connectivity index (χ2n) is 5.88. The average Bonchev–Trinajstić information content (AvgIpc) is 2.52. The van der Waals surface area contributed by atoms with Gasteiger partial charge in [-0.15, -0.1) is 0 Å². The number of benzene rings is 1. The van der Waals surface area contributed by atoms with E-state index in [1.807, 2.05) is 26.0 Å². The van der Waals surface area contributed by atoms with E-state index < -0.39 is 5.97 Å². The van der Waals surface area contributed by atoms with Crippen LogP contribution in [-0.4, -0.2) is 30.1 Å². The monoisotopic (exact) mass is 355 g/mol. The van der Waals surface area contributed by atoms with Gasteiger partial charge in [0.1, 0.15) is 5.75 Å². The predicted octanol–water partition coefficient (Wildman–Crippen LogP) is 3.88. The van der Waals surface area contributed by atoms with E-state index in [4.69, 9.17) is 21.4 Å². The van der Waals surface area contributed by atoms with Crippen LogP contribution in [0.2, 0.25) is 5.02 Å². The van der Waals surface area contributed by atoms with Crippen LogP contribution in [0.15, 0.2) is 12.1 Å². The van der Waals surface area contributed by atoms with Crippen LogP contribution in [0.4, 0.5) is 0 Å². The Morgan fingerprint density at radius 2 is 1.75 bits per heavy atom. The summed E-state index contributed by atoms with van der Waals surface area (Å²) in [5, 5.41) is 12.1. The number of amides is 1. The van der Waals surface area contributed by atoms with Gasteiger partial charge >= 0.3 is 5.97 Å². The number of carbonyl (C=O) groups is 2. The van der Waals surface area contributed by atoms with Gasteiger partial charge in [-0.05, 0) is 56.4 Å². The minimum atomic E-state index is -0.773. The molecular weight excluding hydrogens is 330 g/mol. The molecule has 0 saturated carbocycles. The van der Waals surface area contributed by atoms with Gasteiger partial charge in [0.05, 0.1) is 6.61 Å². The summed E-state index contributed by atoms with van der Waals surface area (Å²) in [6.45, 7) is 4.94. The Morgan fingerprint density at radius 3 is 2.38 bits per heavy atom. The Hall–Kier alpha value is -1.75. The number of unbranched alkanes of at least 4 members (excludes halogenated alkanes) is 2. The smallest absolute Gasteiger partial charge is 0.303 e. The number of halogens is 1. The van der Waals surface area contributed by atoms with Crippen molar-refractivity contribution < 1.29 is 19.4 Å². The molecule has 0 aliphatic heterocycles. The molecule has 1 rings (SSSR count). The normalized spacial score (nSPS) is 10.5. The Kier molecular flexibility index (Phi) is 9.23. The van der Waals surface area contributed by atoms with Gasteiger partial charge in [-0.3, -0.25) is 9.59 Å². The second-order valence-corrected chi connectivity index (χ2v) is 6.26. The lowest BCUT2D eigenvalue weighted by atomic mass is 10.1. The van der Waals surface area contributed by atoms with Crippen LogP contribution >= 0.6 is 11.6 Å². The number of aliphatic carboxylic acids is 1. The van der Waals surface area contributed by atoms with Crippen molar-refractivity contribution in [3.05, 3.63) is 28.3 Å². The van der Waals surface area contributed by atoms with E-state index in [1.54, 1.807) is 0 Å². The van der Waals surface area contributed by atoms with Crippen molar-refractivity contribution in [3.8, 4) is 5.75 Å². The molecule has 0 bridgehead atoms. The van der Waals surface area contributed by atoms with Crippen molar-refractivity contribution in [2.24, 2.45) is 0 Å². The summed E-state index contributed by atoms with van der Waals surface area (Å²) >= 11 is 6.11. The number of aryl methyl sites for hydroxylation is 2. The maximum Gasteiger partial charge on any atom is 0.303 e. The van der Waals surface area contributed by atoms with Crippen LogP contribution in [0.25, 0.3) is 0 Å². The zero-order chi connectivity index (χ0) is 17.9. The maximum absolute atomic E-state index is 11.7. The summed E-state index contributed by atoms with van der Waals surface area (Å²) in [6.07, 6.45) is 3.52. The van der Waals surface area contributed by atoms with Crippen LogP contribution in [0.3, 0.4) is 0 Å². The van der Waals surface area contributed by atoms with Crippen LogP contribution in [-0.2, 0) is 9.59 Å². The number of carboxylic acids is 1. The molecule has 2 N–H and O–H groups in total. The molecule has 0 aromatic heterocycles. The molecule has 0 spiro atoms. The Labute approximate surface area is 148 Å². The molecule has 0 fully saturated rings. The first-order valence-corrected chi connectivity index (χ1v) is 8.66. The predicted molar refractivity (Wildman–Crippen MR) is 94.8 cm³/mol. The molecule has 0 aliphatic carbocycles. The summed E-state index contributed by atoms with van der Waals surface area (Å²) in [6, 6.07) is 3.79. The third-order valence-electron chi connectivity index (χ3n) is 3.62. The summed E-state index contributed by atoms with van der Waals surface area (Å²) in [5.41, 5.74) is 1.96. The molecule has 6 heteroatoms. The standard InChI is InChI=1S/C18H26ClNO4/c1-13-11-15(12-14(2)18(13)19)24-10-6-7-16(21)20-9-5-3-4-8-17(22)23/h11-12H,3-10H2,1-2H3,(H,20,21)(H,22,23). The fourth-order valence-corrected chi connectivity index (χ4v) is 2.42. The third kappa shape index (κ3) is 8.20. The minimum absolute atomic E-state index is 0.000279. The van der Waals surface area contributed by atoms with E-state index in [-0.39, 0.29) is 12.3 Å². The highest BCUT2D eigenvalue weighted by atomic mass is 35.5. The van der Waals surface area contributed by atoms with Gasteiger partial charge in [0.25, 0.3) is 0 Å². The quantitative estimate of drug-likeness (QED) is 0.591. The molecule has 0 atom stereocenters. The summed E-state index contributed by atoms with van der Waals surface area (Å²) in [5.74, 6) is -0.00125. The fourth-order valence-electron chi connectivity index (χ4n) is 2.31. The third-order valence-corrected chi connectivity index (χ3v) is 4.21. The van der Waals surface area contributed by atoms with Gasteiger partial charge in [0.15, 0.2) is 0 Å². The Morgan fingerprint density at radius 1 is 1.08 bits per heavy atom. The van der Waals surface area contributed by atoms with Gasteiger partial charge in [-0.25, -0.2) is 0 Å². The molecule has 0 saturated heterocycles. The number of hydrogen-bond donors (Lipinski definition) is 2. The molecule has 134 valence electrons. The molecule has 5 nitrogen and oxygen atoms in total.